The van der Waals surface area contributed by atoms with Gasteiger partial charge in [0, 0.05) is 13.7 Å². The number of benzene rings is 2. The minimum absolute atomic E-state index is 0.629. The maximum absolute atomic E-state index is 9.19. The smallest absolute Gasteiger partial charge is 0.102 e. The van der Waals surface area contributed by atoms with Crippen LogP contribution in [0.25, 0.3) is 0 Å². The predicted molar refractivity (Wildman–Crippen MR) is 80.4 cm³/mol. The molecule has 20 heavy (non-hydrogen) atoms. The molecular weight excluding hydrogens is 248 g/mol. The number of hydrogen-bond donors (Lipinski definition) is 1. The number of nitrogens with one attached hydrogen (secondary N) is 1. The summed E-state index contributed by atoms with van der Waals surface area (Å²) >= 11 is 0. The fourth-order valence-corrected chi connectivity index (χ4v) is 2.08. The normalized spacial score (nSPS) is 10.1. The van der Waals surface area contributed by atoms with Gasteiger partial charge in [0.05, 0.1) is 17.9 Å². The van der Waals surface area contributed by atoms with Crippen LogP contribution >= 0.6 is 0 Å². The van der Waals surface area contributed by atoms with E-state index in [1.165, 1.54) is 5.56 Å². The zero-order valence-electron chi connectivity index (χ0n) is 11.8. The van der Waals surface area contributed by atoms with E-state index in [1.54, 1.807) is 7.11 Å². The largest absolute Gasteiger partial charge is 0.380 e. The van der Waals surface area contributed by atoms with Crippen LogP contribution in [0.1, 0.15) is 22.3 Å². The lowest BCUT2D eigenvalue weighted by Gasteiger charge is -2.10. The Morgan fingerprint density at radius 3 is 2.45 bits per heavy atom. The Bertz CT molecular complexity index is 612. The summed E-state index contributed by atoms with van der Waals surface area (Å²) in [6.45, 7) is 3.28. The van der Waals surface area contributed by atoms with E-state index in [0.29, 0.717) is 18.7 Å². The molecule has 0 unspecified atom stereocenters. The third-order valence-electron chi connectivity index (χ3n) is 3.20. The topological polar surface area (TPSA) is 45.0 Å². The van der Waals surface area contributed by atoms with Gasteiger partial charge in [-0.15, -0.1) is 0 Å². The van der Waals surface area contributed by atoms with Crippen molar-refractivity contribution in [1.82, 2.24) is 0 Å². The molecule has 0 saturated heterocycles. The molecule has 0 atom stereocenters. The van der Waals surface area contributed by atoms with Gasteiger partial charge in [-0.1, -0.05) is 36.4 Å². The van der Waals surface area contributed by atoms with E-state index in [9.17, 15) is 5.26 Å². The Labute approximate surface area is 119 Å². The van der Waals surface area contributed by atoms with E-state index in [4.69, 9.17) is 4.74 Å². The highest BCUT2D eigenvalue weighted by molar-refractivity contribution is 5.60. The van der Waals surface area contributed by atoms with Crippen LogP contribution < -0.4 is 5.32 Å². The van der Waals surface area contributed by atoms with E-state index < -0.39 is 0 Å². The van der Waals surface area contributed by atoms with Gasteiger partial charge in [0.25, 0.3) is 0 Å². The van der Waals surface area contributed by atoms with E-state index in [1.807, 2.05) is 25.1 Å². The van der Waals surface area contributed by atoms with E-state index in [2.05, 4.69) is 35.7 Å². The van der Waals surface area contributed by atoms with Crippen LogP contribution in [0, 0.1) is 18.3 Å². The first-order valence-electron chi connectivity index (χ1n) is 6.55. The number of nitrogens with zero attached hydrogens (tertiary/aromatic N) is 1. The Morgan fingerprint density at radius 1 is 1.10 bits per heavy atom. The van der Waals surface area contributed by atoms with Gasteiger partial charge >= 0.3 is 0 Å². The summed E-state index contributed by atoms with van der Waals surface area (Å²) in [5, 5.41) is 12.5. The number of aryl methyl sites for hydroxylation is 1. The van der Waals surface area contributed by atoms with E-state index in [-0.39, 0.29) is 0 Å². The Kier molecular flexibility index (Phi) is 4.75. The second-order valence-electron chi connectivity index (χ2n) is 4.71. The average molecular weight is 266 g/mol. The summed E-state index contributed by atoms with van der Waals surface area (Å²) in [7, 11) is 1.69. The lowest BCUT2D eigenvalue weighted by Crippen LogP contribution is -2.02. The monoisotopic (exact) mass is 266 g/mol. The molecular formula is C17H18N2O. The number of nitriles is 1. The van der Waals surface area contributed by atoms with Crippen molar-refractivity contribution in [3.63, 3.8) is 0 Å². The second kappa shape index (κ2) is 6.74. The van der Waals surface area contributed by atoms with Crippen molar-refractivity contribution in [1.29, 1.82) is 5.26 Å². The molecule has 0 spiro atoms. The first-order valence-corrected chi connectivity index (χ1v) is 6.55. The Balaban J connectivity index is 2.06. The minimum atomic E-state index is 0.629. The molecule has 0 heterocycles. The molecule has 2 aromatic rings. The molecule has 102 valence electrons. The van der Waals surface area contributed by atoms with Crippen LogP contribution in [0.3, 0.4) is 0 Å². The van der Waals surface area contributed by atoms with Crippen molar-refractivity contribution in [3.8, 4) is 6.07 Å². The highest BCUT2D eigenvalue weighted by Crippen LogP contribution is 2.19. The molecule has 1 N–H and O–H groups in total. The van der Waals surface area contributed by atoms with Crippen molar-refractivity contribution >= 4 is 5.69 Å². The maximum atomic E-state index is 9.19. The van der Waals surface area contributed by atoms with E-state index in [0.717, 1.165) is 16.8 Å². The molecule has 0 aromatic heterocycles. The molecule has 2 rings (SSSR count). The minimum Gasteiger partial charge on any atom is -0.380 e. The summed E-state index contributed by atoms with van der Waals surface area (Å²) in [5.41, 5.74) is 4.92. The van der Waals surface area contributed by atoms with Gasteiger partial charge < -0.3 is 10.1 Å². The van der Waals surface area contributed by atoms with Crippen LogP contribution in [0.2, 0.25) is 0 Å². The summed E-state index contributed by atoms with van der Waals surface area (Å²) in [4.78, 5) is 0. The molecule has 0 saturated carbocycles. The number of hydrogen-bond acceptors (Lipinski definition) is 3. The van der Waals surface area contributed by atoms with Gasteiger partial charge in [-0.3, -0.25) is 0 Å². The van der Waals surface area contributed by atoms with Gasteiger partial charge in [0.1, 0.15) is 6.07 Å². The lowest BCUT2D eigenvalue weighted by molar-refractivity contribution is 0.185. The number of rotatable bonds is 5. The molecule has 3 heteroatoms. The summed E-state index contributed by atoms with van der Waals surface area (Å²) in [5.74, 6) is 0. The van der Waals surface area contributed by atoms with Crippen molar-refractivity contribution in [2.24, 2.45) is 0 Å². The van der Waals surface area contributed by atoms with E-state index >= 15 is 0 Å². The predicted octanol–water partition coefficient (Wildman–Crippen LogP) is 3.63. The lowest BCUT2D eigenvalue weighted by atomic mass is 10.1. The van der Waals surface area contributed by atoms with Crippen LogP contribution in [0.5, 0.6) is 0 Å². The van der Waals surface area contributed by atoms with Crippen molar-refractivity contribution in [2.45, 2.75) is 20.1 Å². The van der Waals surface area contributed by atoms with Gasteiger partial charge in [-0.05, 0) is 29.7 Å². The number of methoxy groups -OCH3 is 1. The molecule has 2 aromatic carbocycles. The number of anilines is 1. The van der Waals surface area contributed by atoms with Crippen molar-refractivity contribution < 1.29 is 4.74 Å². The van der Waals surface area contributed by atoms with Gasteiger partial charge in [0.15, 0.2) is 0 Å². The maximum Gasteiger partial charge on any atom is 0.102 e. The zero-order valence-corrected chi connectivity index (χ0v) is 11.8. The number of ether oxygens (including phenoxy) is 1. The fraction of sp³-hybridized carbons (Fsp3) is 0.235. The van der Waals surface area contributed by atoms with Gasteiger partial charge in [-0.2, -0.15) is 5.26 Å². The van der Waals surface area contributed by atoms with Crippen molar-refractivity contribution in [2.75, 3.05) is 12.4 Å². The first-order chi connectivity index (χ1) is 9.74. The molecule has 0 aliphatic rings. The van der Waals surface area contributed by atoms with Crippen LogP contribution in [-0.2, 0) is 17.9 Å². The third kappa shape index (κ3) is 3.37. The highest BCUT2D eigenvalue weighted by Gasteiger charge is 2.04. The molecule has 0 amide bonds. The first kappa shape index (κ1) is 14.1. The molecule has 0 bridgehead atoms. The third-order valence-corrected chi connectivity index (χ3v) is 3.20. The molecule has 3 nitrogen and oxygen atoms in total. The molecule has 0 radical (unpaired) electrons. The van der Waals surface area contributed by atoms with Gasteiger partial charge in [-0.25, -0.2) is 0 Å². The molecule has 0 aliphatic carbocycles. The Morgan fingerprint density at radius 2 is 1.80 bits per heavy atom. The molecule has 0 aliphatic heterocycles. The highest BCUT2D eigenvalue weighted by atomic mass is 16.5. The van der Waals surface area contributed by atoms with Crippen LogP contribution in [0.4, 0.5) is 5.69 Å². The van der Waals surface area contributed by atoms with Crippen molar-refractivity contribution in [3.05, 3.63) is 64.7 Å². The SMILES string of the molecule is COCc1ccc(CNc2cccc(C)c2C#N)cc1. The second-order valence-corrected chi connectivity index (χ2v) is 4.71. The van der Waals surface area contributed by atoms with Crippen LogP contribution in [0.15, 0.2) is 42.5 Å². The quantitative estimate of drug-likeness (QED) is 0.899. The summed E-state index contributed by atoms with van der Waals surface area (Å²) in [6, 6.07) is 16.3. The van der Waals surface area contributed by atoms with Crippen LogP contribution in [-0.4, -0.2) is 7.11 Å². The summed E-state index contributed by atoms with van der Waals surface area (Å²) in [6.07, 6.45) is 0. The van der Waals surface area contributed by atoms with Gasteiger partial charge in [0.2, 0.25) is 0 Å². The average Bonchev–Trinajstić information content (AvgIpc) is 2.47. The summed E-state index contributed by atoms with van der Waals surface area (Å²) < 4.78 is 5.09. The molecule has 0 fully saturated rings. The standard InChI is InChI=1S/C17H18N2O/c1-13-4-3-5-17(16(13)10-18)19-11-14-6-8-15(9-7-14)12-20-2/h3-9,19H,11-12H2,1-2H3. The zero-order chi connectivity index (χ0) is 14.4. The fourth-order valence-electron chi connectivity index (χ4n) is 2.08. The Hall–Kier alpha value is -2.31.